The van der Waals surface area contributed by atoms with Crippen molar-refractivity contribution < 1.29 is 15.0 Å². The number of aliphatic hydroxyl groups is 1. The van der Waals surface area contributed by atoms with Crippen LogP contribution in [-0.4, -0.2) is 22.8 Å². The van der Waals surface area contributed by atoms with Crippen LogP contribution in [0.2, 0.25) is 0 Å². The van der Waals surface area contributed by atoms with Crippen molar-refractivity contribution in [1.82, 2.24) is 0 Å². The predicted octanol–water partition coefficient (Wildman–Crippen LogP) is 1.33. The van der Waals surface area contributed by atoms with Crippen LogP contribution in [0.5, 0.6) is 0 Å². The fraction of sp³-hybridized carbons (Fsp3) is 0.417. The van der Waals surface area contributed by atoms with Crippen LogP contribution >= 0.6 is 0 Å². The molecule has 0 amide bonds. The van der Waals surface area contributed by atoms with Gasteiger partial charge in [-0.05, 0) is 18.9 Å². The zero-order valence-electron chi connectivity index (χ0n) is 8.60. The number of benzene rings is 1. The van der Waals surface area contributed by atoms with E-state index in [2.05, 4.69) is 0 Å². The van der Waals surface area contributed by atoms with Crippen LogP contribution < -0.4 is 0 Å². The molecule has 1 fully saturated rings. The maximum absolute atomic E-state index is 11.2. The second-order valence-electron chi connectivity index (χ2n) is 4.23. The Labute approximate surface area is 88.4 Å². The lowest BCUT2D eigenvalue weighted by molar-refractivity contribution is -0.140. The first-order valence-corrected chi connectivity index (χ1v) is 5.02. The van der Waals surface area contributed by atoms with Gasteiger partial charge in [-0.25, -0.2) is 0 Å². The quantitative estimate of drug-likeness (QED) is 0.784. The summed E-state index contributed by atoms with van der Waals surface area (Å²) in [6.45, 7) is 1.91. The van der Waals surface area contributed by atoms with E-state index in [9.17, 15) is 9.90 Å². The zero-order valence-corrected chi connectivity index (χ0v) is 8.60. The minimum atomic E-state index is -0.831. The third-order valence-corrected chi connectivity index (χ3v) is 3.27. The molecular weight excluding hydrogens is 192 g/mol. The van der Waals surface area contributed by atoms with Gasteiger partial charge < -0.3 is 10.2 Å². The van der Waals surface area contributed by atoms with Crippen molar-refractivity contribution in [2.45, 2.75) is 18.8 Å². The van der Waals surface area contributed by atoms with Gasteiger partial charge in [0.25, 0.3) is 0 Å². The zero-order chi connectivity index (χ0) is 11.1. The molecule has 0 heterocycles. The van der Waals surface area contributed by atoms with E-state index in [-0.39, 0.29) is 12.5 Å². The number of carboxylic acid groups (broad SMARTS) is 1. The number of hydrogen-bond acceptors (Lipinski definition) is 2. The van der Waals surface area contributed by atoms with Gasteiger partial charge in [0, 0.05) is 12.5 Å². The van der Waals surface area contributed by atoms with Crippen molar-refractivity contribution in [2.75, 3.05) is 6.61 Å². The summed E-state index contributed by atoms with van der Waals surface area (Å²) in [6, 6.07) is 7.51. The van der Waals surface area contributed by atoms with E-state index < -0.39 is 11.4 Å². The monoisotopic (exact) mass is 206 g/mol. The van der Waals surface area contributed by atoms with Gasteiger partial charge in [-0.3, -0.25) is 4.79 Å². The van der Waals surface area contributed by atoms with Crippen LogP contribution in [0.3, 0.4) is 0 Å². The summed E-state index contributed by atoms with van der Waals surface area (Å²) in [5.74, 6) is -0.955. The van der Waals surface area contributed by atoms with Gasteiger partial charge in [0.05, 0.1) is 5.41 Å². The van der Waals surface area contributed by atoms with Crippen LogP contribution in [-0.2, 0) is 10.2 Å². The third kappa shape index (κ3) is 1.43. The van der Waals surface area contributed by atoms with Gasteiger partial charge in [0.15, 0.2) is 0 Å². The molecule has 0 bridgehead atoms. The molecule has 2 rings (SSSR count). The standard InChI is InChI=1S/C12H14O3/c1-8-2-4-9(5-3-8)12(11(14)15)6-10(12)7-13/h2-5,10,13H,6-7H2,1H3,(H,14,15). The largest absolute Gasteiger partial charge is 0.481 e. The summed E-state index contributed by atoms with van der Waals surface area (Å²) in [7, 11) is 0. The molecule has 1 aromatic carbocycles. The maximum Gasteiger partial charge on any atom is 0.314 e. The van der Waals surface area contributed by atoms with E-state index in [0.717, 1.165) is 11.1 Å². The van der Waals surface area contributed by atoms with E-state index in [1.807, 2.05) is 31.2 Å². The smallest absolute Gasteiger partial charge is 0.314 e. The minimum absolute atomic E-state index is 0.0554. The molecule has 0 aliphatic heterocycles. The Morgan fingerprint density at radius 1 is 1.47 bits per heavy atom. The van der Waals surface area contributed by atoms with Gasteiger partial charge in [-0.1, -0.05) is 29.8 Å². The molecule has 0 radical (unpaired) electrons. The number of aliphatic hydroxyl groups excluding tert-OH is 1. The number of carboxylic acids is 1. The van der Waals surface area contributed by atoms with Gasteiger partial charge in [-0.2, -0.15) is 0 Å². The highest BCUT2D eigenvalue weighted by Gasteiger charge is 2.61. The molecule has 2 atom stereocenters. The molecule has 2 unspecified atom stereocenters. The van der Waals surface area contributed by atoms with Crippen molar-refractivity contribution in [1.29, 1.82) is 0 Å². The lowest BCUT2D eigenvalue weighted by Crippen LogP contribution is -2.23. The summed E-state index contributed by atoms with van der Waals surface area (Å²) in [4.78, 5) is 11.2. The highest BCUT2D eigenvalue weighted by molar-refractivity contribution is 5.85. The SMILES string of the molecule is Cc1ccc(C2(C(=O)O)CC2CO)cc1. The summed E-state index contributed by atoms with van der Waals surface area (Å²) in [5, 5.41) is 18.3. The highest BCUT2D eigenvalue weighted by atomic mass is 16.4. The van der Waals surface area contributed by atoms with Crippen molar-refractivity contribution in [3.63, 3.8) is 0 Å². The Bertz CT molecular complexity index is 382. The lowest BCUT2D eigenvalue weighted by Gasteiger charge is -2.12. The molecule has 15 heavy (non-hydrogen) atoms. The molecule has 1 aliphatic carbocycles. The number of aryl methyl sites for hydroxylation is 1. The van der Waals surface area contributed by atoms with Gasteiger partial charge >= 0.3 is 5.97 Å². The van der Waals surface area contributed by atoms with Crippen LogP contribution in [0.1, 0.15) is 17.5 Å². The Balaban J connectivity index is 2.36. The Kier molecular flexibility index (Phi) is 2.27. The highest BCUT2D eigenvalue weighted by Crippen LogP contribution is 2.54. The molecule has 1 saturated carbocycles. The molecule has 3 nitrogen and oxygen atoms in total. The summed E-state index contributed by atoms with van der Waals surface area (Å²) >= 11 is 0. The molecular formula is C12H14O3. The lowest BCUT2D eigenvalue weighted by atomic mass is 9.93. The first-order valence-electron chi connectivity index (χ1n) is 5.02. The van der Waals surface area contributed by atoms with Gasteiger partial charge in [-0.15, -0.1) is 0 Å². The normalized spacial score (nSPS) is 28.8. The molecule has 1 aliphatic rings. The molecule has 0 saturated heterocycles. The first-order chi connectivity index (χ1) is 7.11. The Hall–Kier alpha value is -1.35. The molecule has 0 spiro atoms. The van der Waals surface area contributed by atoms with Crippen LogP contribution in [0.25, 0.3) is 0 Å². The number of hydrogen-bond donors (Lipinski definition) is 2. The number of carbonyl (C=O) groups is 1. The number of rotatable bonds is 3. The molecule has 3 heteroatoms. The summed E-state index contributed by atoms with van der Waals surface area (Å²) in [6.07, 6.45) is 0.544. The Morgan fingerprint density at radius 2 is 2.07 bits per heavy atom. The van der Waals surface area contributed by atoms with Crippen molar-refractivity contribution >= 4 is 5.97 Å². The molecule has 1 aromatic rings. The van der Waals surface area contributed by atoms with Crippen LogP contribution in [0.15, 0.2) is 24.3 Å². The van der Waals surface area contributed by atoms with E-state index in [1.54, 1.807) is 0 Å². The average molecular weight is 206 g/mol. The molecule has 2 N–H and O–H groups in total. The molecule has 0 aromatic heterocycles. The van der Waals surface area contributed by atoms with Crippen molar-refractivity contribution in [3.05, 3.63) is 35.4 Å². The summed E-state index contributed by atoms with van der Waals surface area (Å²) in [5.41, 5.74) is 1.09. The van der Waals surface area contributed by atoms with E-state index >= 15 is 0 Å². The average Bonchev–Trinajstić information content (AvgIpc) is 2.94. The summed E-state index contributed by atoms with van der Waals surface area (Å²) < 4.78 is 0. The minimum Gasteiger partial charge on any atom is -0.481 e. The van der Waals surface area contributed by atoms with Gasteiger partial charge in [0.1, 0.15) is 0 Å². The first kappa shape index (κ1) is 10.2. The Morgan fingerprint density at radius 3 is 2.47 bits per heavy atom. The fourth-order valence-electron chi connectivity index (χ4n) is 2.14. The maximum atomic E-state index is 11.2. The predicted molar refractivity (Wildman–Crippen MR) is 55.7 cm³/mol. The second-order valence-corrected chi connectivity index (χ2v) is 4.23. The van der Waals surface area contributed by atoms with Gasteiger partial charge in [0.2, 0.25) is 0 Å². The fourth-order valence-corrected chi connectivity index (χ4v) is 2.14. The van der Waals surface area contributed by atoms with Crippen molar-refractivity contribution in [2.24, 2.45) is 5.92 Å². The van der Waals surface area contributed by atoms with E-state index in [1.165, 1.54) is 0 Å². The third-order valence-electron chi connectivity index (χ3n) is 3.27. The van der Waals surface area contributed by atoms with Crippen molar-refractivity contribution in [3.8, 4) is 0 Å². The van der Waals surface area contributed by atoms with E-state index in [4.69, 9.17) is 5.11 Å². The van der Waals surface area contributed by atoms with Crippen LogP contribution in [0, 0.1) is 12.8 Å². The second kappa shape index (κ2) is 3.35. The topological polar surface area (TPSA) is 57.5 Å². The molecule has 80 valence electrons. The van der Waals surface area contributed by atoms with Crippen LogP contribution in [0.4, 0.5) is 0 Å². The van der Waals surface area contributed by atoms with E-state index in [0.29, 0.717) is 6.42 Å². The number of aliphatic carboxylic acids is 1.